The molecule has 0 atom stereocenters. The third kappa shape index (κ3) is 3.69. The average molecular weight is 388 g/mol. The predicted molar refractivity (Wildman–Crippen MR) is 86.6 cm³/mol. The smallest absolute Gasteiger partial charge is 0.323 e. The van der Waals surface area contributed by atoms with Gasteiger partial charge in [-0.1, -0.05) is 12.1 Å². The molecule has 1 aromatic carbocycles. The second-order valence-corrected chi connectivity index (χ2v) is 7.17. The summed E-state index contributed by atoms with van der Waals surface area (Å²) >= 11 is 0. The van der Waals surface area contributed by atoms with E-state index < -0.39 is 37.9 Å². The summed E-state index contributed by atoms with van der Waals surface area (Å²) in [5, 5.41) is 17.1. The summed E-state index contributed by atoms with van der Waals surface area (Å²) in [5.41, 5.74) is -0.301. The van der Waals surface area contributed by atoms with E-state index in [2.05, 4.69) is 10.4 Å². The zero-order valence-corrected chi connectivity index (χ0v) is 14.5. The Hall–Kier alpha value is -2.89. The fraction of sp³-hybridized carbons (Fsp3) is 0.286. The lowest BCUT2D eigenvalue weighted by Gasteiger charge is -2.11. The van der Waals surface area contributed by atoms with Crippen LogP contribution in [0.15, 0.2) is 29.2 Å². The van der Waals surface area contributed by atoms with Crippen LogP contribution in [0.2, 0.25) is 0 Å². The highest BCUT2D eigenvalue weighted by Crippen LogP contribution is 2.26. The number of sulfone groups is 1. The van der Waals surface area contributed by atoms with Gasteiger partial charge >= 0.3 is 11.4 Å². The van der Waals surface area contributed by atoms with E-state index in [1.165, 1.54) is 26.0 Å². The van der Waals surface area contributed by atoms with Crippen LogP contribution < -0.4 is 5.32 Å². The Kier molecular flexibility index (Phi) is 5.35. The standard InChI is InChI=1S/C14H14F2N4O5S/c1-8-13(20(22)23)9(2)19(18-8)7-12(21)17-10-5-3-4-6-11(10)26(24,25)14(15)16/h3-6,14H,7H2,1-2H3,(H,17,21). The van der Waals surface area contributed by atoms with Crippen molar-refractivity contribution in [2.75, 3.05) is 5.32 Å². The maximum atomic E-state index is 12.8. The molecular formula is C14H14F2N4O5S. The van der Waals surface area contributed by atoms with Gasteiger partial charge in [0, 0.05) is 0 Å². The van der Waals surface area contributed by atoms with Crippen molar-refractivity contribution in [3.63, 3.8) is 0 Å². The van der Waals surface area contributed by atoms with Crippen LogP contribution in [-0.4, -0.2) is 34.8 Å². The van der Waals surface area contributed by atoms with Crippen molar-refractivity contribution in [2.45, 2.75) is 31.0 Å². The molecule has 1 N–H and O–H groups in total. The summed E-state index contributed by atoms with van der Waals surface area (Å²) in [7, 11) is -4.91. The number of halogens is 2. The van der Waals surface area contributed by atoms with E-state index in [0.717, 1.165) is 16.8 Å². The van der Waals surface area contributed by atoms with Crippen LogP contribution >= 0.6 is 0 Å². The molecule has 0 bridgehead atoms. The Balaban J connectivity index is 2.28. The summed E-state index contributed by atoms with van der Waals surface area (Å²) in [6.45, 7) is 2.36. The second-order valence-electron chi connectivity index (χ2n) is 5.28. The maximum Gasteiger partial charge on any atom is 0.341 e. The van der Waals surface area contributed by atoms with E-state index >= 15 is 0 Å². The molecule has 0 spiro atoms. The number of aryl methyl sites for hydroxylation is 1. The van der Waals surface area contributed by atoms with Crippen molar-refractivity contribution in [1.29, 1.82) is 0 Å². The first-order valence-corrected chi connectivity index (χ1v) is 8.69. The van der Waals surface area contributed by atoms with Crippen LogP contribution in [0.3, 0.4) is 0 Å². The number of nitrogens with zero attached hydrogens (tertiary/aromatic N) is 3. The Bertz CT molecular complexity index is 972. The number of nitro groups is 1. The van der Waals surface area contributed by atoms with Crippen molar-refractivity contribution in [3.05, 3.63) is 45.8 Å². The molecule has 0 fully saturated rings. The maximum absolute atomic E-state index is 12.8. The normalized spacial score (nSPS) is 11.6. The SMILES string of the molecule is Cc1nn(CC(=O)Nc2ccccc2S(=O)(=O)C(F)F)c(C)c1[N+](=O)[O-]. The summed E-state index contributed by atoms with van der Waals surface area (Å²) in [6, 6.07) is 4.73. The predicted octanol–water partition coefficient (Wildman–Crippen LogP) is 2.04. The number of amides is 1. The number of benzene rings is 1. The molecule has 0 saturated heterocycles. The van der Waals surface area contributed by atoms with Crippen molar-refractivity contribution in [3.8, 4) is 0 Å². The minimum absolute atomic E-state index is 0.112. The summed E-state index contributed by atoms with van der Waals surface area (Å²) in [5.74, 6) is -4.42. The van der Waals surface area contributed by atoms with Gasteiger partial charge in [0.05, 0.1) is 15.5 Å². The molecule has 0 saturated carbocycles. The molecule has 0 aliphatic carbocycles. The van der Waals surface area contributed by atoms with Crippen LogP contribution in [0.4, 0.5) is 20.2 Å². The number of aromatic nitrogens is 2. The summed E-state index contributed by atoms with van der Waals surface area (Å²) in [4.78, 5) is 21.8. The molecule has 2 aromatic rings. The lowest BCUT2D eigenvalue weighted by Crippen LogP contribution is -2.22. The Morgan fingerprint density at radius 3 is 2.50 bits per heavy atom. The Labute approximate surface area is 146 Å². The highest BCUT2D eigenvalue weighted by atomic mass is 32.2. The number of alkyl halides is 2. The van der Waals surface area contributed by atoms with Gasteiger partial charge in [0.15, 0.2) is 0 Å². The molecule has 12 heteroatoms. The fourth-order valence-corrected chi connectivity index (χ4v) is 3.23. The molecule has 1 amide bonds. The van der Waals surface area contributed by atoms with E-state index in [4.69, 9.17) is 0 Å². The summed E-state index contributed by atoms with van der Waals surface area (Å²) < 4.78 is 49.9. The molecule has 140 valence electrons. The first-order valence-electron chi connectivity index (χ1n) is 7.15. The zero-order valence-electron chi connectivity index (χ0n) is 13.6. The lowest BCUT2D eigenvalue weighted by molar-refractivity contribution is -0.386. The van der Waals surface area contributed by atoms with Gasteiger partial charge in [0.2, 0.25) is 15.7 Å². The third-order valence-corrected chi connectivity index (χ3v) is 4.96. The minimum atomic E-state index is -4.91. The van der Waals surface area contributed by atoms with Crippen LogP contribution in [0, 0.1) is 24.0 Å². The first-order chi connectivity index (χ1) is 12.1. The molecule has 0 aliphatic heterocycles. The number of hydrogen-bond acceptors (Lipinski definition) is 6. The van der Waals surface area contributed by atoms with Gasteiger partial charge < -0.3 is 5.32 Å². The van der Waals surface area contributed by atoms with E-state index in [1.54, 1.807) is 0 Å². The first kappa shape index (κ1) is 19.4. The van der Waals surface area contributed by atoms with Gasteiger partial charge in [0.25, 0.3) is 0 Å². The van der Waals surface area contributed by atoms with Crippen LogP contribution in [0.1, 0.15) is 11.4 Å². The molecule has 26 heavy (non-hydrogen) atoms. The number of hydrogen-bond donors (Lipinski definition) is 1. The monoisotopic (exact) mass is 388 g/mol. The Morgan fingerprint density at radius 2 is 1.96 bits per heavy atom. The molecule has 0 aliphatic rings. The van der Waals surface area contributed by atoms with Crippen molar-refractivity contribution < 1.29 is 26.9 Å². The molecule has 0 unspecified atom stereocenters. The van der Waals surface area contributed by atoms with Crippen LogP contribution in [-0.2, 0) is 21.2 Å². The largest absolute Gasteiger partial charge is 0.341 e. The zero-order chi connectivity index (χ0) is 19.6. The molecular weight excluding hydrogens is 374 g/mol. The van der Waals surface area contributed by atoms with E-state index in [-0.39, 0.29) is 22.8 Å². The molecule has 0 radical (unpaired) electrons. The van der Waals surface area contributed by atoms with Crippen LogP contribution in [0.5, 0.6) is 0 Å². The van der Waals surface area contributed by atoms with Crippen molar-refractivity contribution in [2.24, 2.45) is 0 Å². The van der Waals surface area contributed by atoms with Gasteiger partial charge in [-0.25, -0.2) is 8.42 Å². The number of carbonyl (C=O) groups excluding carboxylic acids is 1. The fourth-order valence-electron chi connectivity index (χ4n) is 2.35. The number of para-hydroxylation sites is 1. The minimum Gasteiger partial charge on any atom is -0.323 e. The third-order valence-electron chi connectivity index (χ3n) is 3.52. The van der Waals surface area contributed by atoms with E-state index in [1.807, 2.05) is 0 Å². The van der Waals surface area contributed by atoms with Gasteiger partial charge in [-0.15, -0.1) is 0 Å². The van der Waals surface area contributed by atoms with Gasteiger partial charge in [0.1, 0.15) is 17.9 Å². The Morgan fingerprint density at radius 1 is 1.35 bits per heavy atom. The number of carbonyl (C=O) groups is 1. The van der Waals surface area contributed by atoms with Crippen molar-refractivity contribution in [1.82, 2.24) is 9.78 Å². The summed E-state index contributed by atoms with van der Waals surface area (Å²) in [6.07, 6.45) is 0. The molecule has 2 rings (SSSR count). The quantitative estimate of drug-likeness (QED) is 0.596. The lowest BCUT2D eigenvalue weighted by atomic mass is 10.3. The van der Waals surface area contributed by atoms with Crippen molar-refractivity contribution >= 4 is 27.1 Å². The van der Waals surface area contributed by atoms with Gasteiger partial charge in [-0.3, -0.25) is 19.6 Å². The number of nitrogens with one attached hydrogen (secondary N) is 1. The number of anilines is 1. The topological polar surface area (TPSA) is 124 Å². The molecule has 1 heterocycles. The molecule has 9 nitrogen and oxygen atoms in total. The van der Waals surface area contributed by atoms with Gasteiger partial charge in [-0.05, 0) is 26.0 Å². The highest BCUT2D eigenvalue weighted by molar-refractivity contribution is 7.91. The van der Waals surface area contributed by atoms with E-state index in [0.29, 0.717) is 0 Å². The van der Waals surface area contributed by atoms with E-state index in [9.17, 15) is 32.1 Å². The average Bonchev–Trinajstić information content (AvgIpc) is 2.81. The number of rotatable bonds is 6. The van der Waals surface area contributed by atoms with Crippen LogP contribution in [0.25, 0.3) is 0 Å². The second kappa shape index (κ2) is 7.15. The van der Waals surface area contributed by atoms with Gasteiger partial charge in [-0.2, -0.15) is 13.9 Å². The highest BCUT2D eigenvalue weighted by Gasteiger charge is 2.29. The molecule has 1 aromatic heterocycles.